The Morgan fingerprint density at radius 2 is 1.86 bits per heavy atom. The van der Waals surface area contributed by atoms with Crippen molar-refractivity contribution in [3.63, 3.8) is 0 Å². The maximum atomic E-state index is 11.0. The molecule has 0 radical (unpaired) electrons. The lowest BCUT2D eigenvalue weighted by atomic mass is 9.94. The highest BCUT2D eigenvalue weighted by Crippen LogP contribution is 2.30. The number of ether oxygens (including phenoxy) is 1. The number of aliphatic carboxylic acids is 2. The van der Waals surface area contributed by atoms with Gasteiger partial charge in [-0.1, -0.05) is 12.1 Å². The Hall–Kier alpha value is -3.60. The number of fused-ring (bicyclic) bond motifs is 2. The van der Waals surface area contributed by atoms with Crippen molar-refractivity contribution in [2.75, 3.05) is 13.1 Å². The molecule has 8 nitrogen and oxygen atoms in total. The lowest BCUT2D eigenvalue weighted by Crippen LogP contribution is -2.35. The van der Waals surface area contributed by atoms with Crippen LogP contribution in [0.5, 0.6) is 5.75 Å². The first-order chi connectivity index (χ1) is 16.8. The third kappa shape index (κ3) is 6.75. The number of aromatic nitrogens is 2. The van der Waals surface area contributed by atoms with Crippen molar-refractivity contribution in [2.24, 2.45) is 0 Å². The van der Waals surface area contributed by atoms with E-state index in [0.29, 0.717) is 19.2 Å². The molecule has 4 rings (SSSR count). The molecule has 1 aromatic heterocycles. The average Bonchev–Trinajstić information content (AvgIpc) is 3.22. The fraction of sp³-hybridized carbons (Fsp3) is 0.400. The number of hydrogen-bond donors (Lipinski definition) is 2. The van der Waals surface area contributed by atoms with Crippen LogP contribution in [0.15, 0.2) is 36.5 Å². The summed E-state index contributed by atoms with van der Waals surface area (Å²) in [6.45, 7) is 8.38. The van der Waals surface area contributed by atoms with Crippen molar-refractivity contribution in [3.05, 3.63) is 58.8 Å². The van der Waals surface area contributed by atoms with E-state index in [4.69, 9.17) is 19.7 Å². The summed E-state index contributed by atoms with van der Waals surface area (Å²) < 4.78 is 39.9. The van der Waals surface area contributed by atoms with Crippen molar-refractivity contribution in [2.45, 2.75) is 52.6 Å². The summed E-state index contributed by atoms with van der Waals surface area (Å²) in [5.74, 6) is -2.64. The van der Waals surface area contributed by atoms with Crippen LogP contribution < -0.4 is 4.74 Å². The predicted octanol–water partition coefficient (Wildman–Crippen LogP) is 4.58. The molecule has 0 amide bonds. The van der Waals surface area contributed by atoms with Gasteiger partial charge in [-0.05, 0) is 67.6 Å². The number of benzene rings is 2. The summed E-state index contributed by atoms with van der Waals surface area (Å²) in [5.41, 5.74) is 5.76. The number of nitrogens with zero attached hydrogens (tertiary/aromatic N) is 3. The SMILES string of the molecule is Cc1c(OCc2ccc3nn(C(C)C)cc3c2)ccc2c1CCN(CC(=O)O)C2.O=C(O)C(F)(F)F. The maximum Gasteiger partial charge on any atom is 0.490 e. The first kappa shape index (κ1) is 27.0. The molecular formula is C25H28F3N3O5. The number of carbonyl (C=O) groups is 2. The molecule has 0 saturated heterocycles. The number of alkyl halides is 3. The van der Waals surface area contributed by atoms with E-state index in [9.17, 15) is 18.0 Å². The van der Waals surface area contributed by atoms with E-state index in [1.54, 1.807) is 0 Å². The van der Waals surface area contributed by atoms with Gasteiger partial charge >= 0.3 is 18.1 Å². The minimum Gasteiger partial charge on any atom is -0.489 e. The highest BCUT2D eigenvalue weighted by molar-refractivity contribution is 5.78. The number of rotatable bonds is 6. The Labute approximate surface area is 205 Å². The number of halogens is 3. The Bertz CT molecular complexity index is 1250. The molecule has 0 fully saturated rings. The van der Waals surface area contributed by atoms with E-state index in [1.165, 1.54) is 11.1 Å². The molecule has 0 bridgehead atoms. The zero-order valence-electron chi connectivity index (χ0n) is 20.2. The van der Waals surface area contributed by atoms with E-state index in [0.717, 1.165) is 40.7 Å². The van der Waals surface area contributed by atoms with Crippen molar-refractivity contribution in [1.82, 2.24) is 14.7 Å². The van der Waals surface area contributed by atoms with Gasteiger partial charge in [-0.2, -0.15) is 18.3 Å². The van der Waals surface area contributed by atoms with Gasteiger partial charge in [-0.15, -0.1) is 0 Å². The van der Waals surface area contributed by atoms with Crippen LogP contribution >= 0.6 is 0 Å². The molecule has 0 aliphatic carbocycles. The van der Waals surface area contributed by atoms with Crippen LogP contribution in [0.4, 0.5) is 13.2 Å². The van der Waals surface area contributed by atoms with E-state index < -0.39 is 18.1 Å². The highest BCUT2D eigenvalue weighted by Gasteiger charge is 2.38. The second-order valence-corrected chi connectivity index (χ2v) is 8.87. The lowest BCUT2D eigenvalue weighted by Gasteiger charge is -2.29. The lowest BCUT2D eigenvalue weighted by molar-refractivity contribution is -0.192. The van der Waals surface area contributed by atoms with Gasteiger partial charge in [0.25, 0.3) is 0 Å². The van der Waals surface area contributed by atoms with Crippen LogP contribution in [0.3, 0.4) is 0 Å². The van der Waals surface area contributed by atoms with Crippen LogP contribution in [-0.2, 0) is 29.2 Å². The molecule has 1 aliphatic rings. The minimum absolute atomic E-state index is 0.0899. The smallest absolute Gasteiger partial charge is 0.489 e. The fourth-order valence-electron chi connectivity index (χ4n) is 3.97. The summed E-state index contributed by atoms with van der Waals surface area (Å²) in [6.07, 6.45) is -2.15. The summed E-state index contributed by atoms with van der Waals surface area (Å²) in [6, 6.07) is 10.7. The van der Waals surface area contributed by atoms with Crippen LogP contribution in [0.2, 0.25) is 0 Å². The van der Waals surface area contributed by atoms with Crippen molar-refractivity contribution in [3.8, 4) is 5.75 Å². The third-order valence-electron chi connectivity index (χ3n) is 5.83. The number of carboxylic acids is 2. The van der Waals surface area contributed by atoms with Crippen LogP contribution in [0.1, 0.15) is 42.1 Å². The van der Waals surface area contributed by atoms with Crippen molar-refractivity contribution in [1.29, 1.82) is 0 Å². The van der Waals surface area contributed by atoms with Crippen molar-refractivity contribution >= 4 is 22.8 Å². The Balaban J connectivity index is 0.000000454. The summed E-state index contributed by atoms with van der Waals surface area (Å²) in [7, 11) is 0. The Kier molecular flexibility index (Phi) is 8.24. The van der Waals surface area contributed by atoms with Gasteiger partial charge in [0.05, 0.1) is 12.1 Å². The maximum absolute atomic E-state index is 11.0. The normalized spacial score (nSPS) is 13.8. The number of carboxylic acid groups (broad SMARTS) is 2. The fourth-order valence-corrected chi connectivity index (χ4v) is 3.97. The molecule has 194 valence electrons. The molecule has 11 heteroatoms. The summed E-state index contributed by atoms with van der Waals surface area (Å²) in [5, 5.41) is 21.9. The van der Waals surface area contributed by atoms with Gasteiger partial charge in [0.15, 0.2) is 0 Å². The Morgan fingerprint density at radius 3 is 2.47 bits per heavy atom. The van der Waals surface area contributed by atoms with E-state index in [-0.39, 0.29) is 6.54 Å². The van der Waals surface area contributed by atoms with Gasteiger partial charge in [0.1, 0.15) is 12.4 Å². The largest absolute Gasteiger partial charge is 0.490 e. The molecule has 2 N–H and O–H groups in total. The highest BCUT2D eigenvalue weighted by atomic mass is 19.4. The molecule has 0 unspecified atom stereocenters. The molecular weight excluding hydrogens is 479 g/mol. The predicted molar refractivity (Wildman–Crippen MR) is 126 cm³/mol. The van der Waals surface area contributed by atoms with E-state index in [2.05, 4.69) is 50.3 Å². The molecule has 0 spiro atoms. The minimum atomic E-state index is -5.08. The van der Waals surface area contributed by atoms with Crippen LogP contribution in [0.25, 0.3) is 10.9 Å². The van der Waals surface area contributed by atoms with Gasteiger partial charge in [0.2, 0.25) is 0 Å². The van der Waals surface area contributed by atoms with Crippen LogP contribution in [-0.4, -0.2) is 56.1 Å². The third-order valence-corrected chi connectivity index (χ3v) is 5.83. The monoisotopic (exact) mass is 507 g/mol. The number of hydrogen-bond acceptors (Lipinski definition) is 5. The summed E-state index contributed by atoms with van der Waals surface area (Å²) in [4.78, 5) is 21.8. The molecule has 1 aliphatic heterocycles. The molecule has 2 aromatic carbocycles. The standard InChI is InChI=1S/C23H27N3O3.C2HF3O2/c1-15(2)26-12-19-10-17(4-6-21(19)24-26)14-29-22-7-5-18-11-25(13-23(27)28)9-8-20(18)16(22)3;3-2(4,5)1(6)7/h4-7,10,12,15H,8-9,11,13-14H2,1-3H3,(H,27,28);(H,6,7). The first-order valence-electron chi connectivity index (χ1n) is 11.3. The zero-order chi connectivity index (χ0) is 26.6. The van der Waals surface area contributed by atoms with Crippen molar-refractivity contribution < 1.29 is 37.7 Å². The van der Waals surface area contributed by atoms with Gasteiger partial charge in [0, 0.05) is 30.7 Å². The molecule has 2 heterocycles. The molecule has 3 aromatic rings. The van der Waals surface area contributed by atoms with Gasteiger partial charge < -0.3 is 14.9 Å². The average molecular weight is 508 g/mol. The quantitative estimate of drug-likeness (QED) is 0.503. The van der Waals surface area contributed by atoms with E-state index in [1.807, 2.05) is 21.7 Å². The second-order valence-electron chi connectivity index (χ2n) is 8.87. The second kappa shape index (κ2) is 11.0. The van der Waals surface area contributed by atoms with Crippen LogP contribution in [0, 0.1) is 6.92 Å². The summed E-state index contributed by atoms with van der Waals surface area (Å²) >= 11 is 0. The molecule has 0 atom stereocenters. The molecule has 0 saturated carbocycles. The first-order valence-corrected chi connectivity index (χ1v) is 11.3. The molecule has 36 heavy (non-hydrogen) atoms. The zero-order valence-corrected chi connectivity index (χ0v) is 20.2. The Morgan fingerprint density at radius 1 is 1.17 bits per heavy atom. The van der Waals surface area contributed by atoms with Gasteiger partial charge in [-0.25, -0.2) is 4.79 Å². The topological polar surface area (TPSA) is 105 Å². The van der Waals surface area contributed by atoms with Gasteiger partial charge in [-0.3, -0.25) is 14.4 Å². The van der Waals surface area contributed by atoms with E-state index >= 15 is 0 Å².